The van der Waals surface area contributed by atoms with Crippen molar-refractivity contribution in [1.82, 2.24) is 15.2 Å². The zero-order valence-electron chi connectivity index (χ0n) is 21.1. The van der Waals surface area contributed by atoms with Gasteiger partial charge in [0, 0.05) is 26.3 Å². The number of rotatable bonds is 6. The standard InChI is InChI=1S/C27H35N3O4S/c1-15-24(35-14-28-15)19-8-9-21-17(10-19)6-7-18(21)11-23(33)22-12-20(32)13-30(22)26(34)25(27(3,4)5)29-16(2)31/h8-10,14,18,20,22,25,32H,6-7,11-13H2,1-5H3,(H,29,31)/t18-,20+,22-,25+/m0/s1. The Labute approximate surface area is 210 Å². The molecule has 2 aromatic rings. The van der Waals surface area contributed by atoms with Crippen molar-refractivity contribution >= 4 is 28.9 Å². The predicted octanol–water partition coefficient (Wildman–Crippen LogP) is 3.62. The van der Waals surface area contributed by atoms with Gasteiger partial charge in [-0.15, -0.1) is 11.3 Å². The average molecular weight is 498 g/mol. The van der Waals surface area contributed by atoms with Crippen LogP contribution < -0.4 is 5.32 Å². The normalized spacial score (nSPS) is 22.7. The molecule has 0 bridgehead atoms. The van der Waals surface area contributed by atoms with Crippen LogP contribution in [-0.2, 0) is 20.8 Å². The van der Waals surface area contributed by atoms with Crippen LogP contribution in [0.1, 0.15) is 69.7 Å². The number of aryl methyl sites for hydroxylation is 2. The maximum absolute atomic E-state index is 13.5. The number of hydrogen-bond acceptors (Lipinski definition) is 6. The number of benzene rings is 1. The highest BCUT2D eigenvalue weighted by Crippen LogP contribution is 2.40. The number of nitrogens with one attached hydrogen (secondary N) is 1. The largest absolute Gasteiger partial charge is 0.391 e. The number of fused-ring (bicyclic) bond motifs is 1. The third-order valence-corrected chi connectivity index (χ3v) is 8.17. The summed E-state index contributed by atoms with van der Waals surface area (Å²) >= 11 is 1.63. The number of aliphatic hydroxyl groups excluding tert-OH is 1. The van der Waals surface area contributed by atoms with Crippen LogP contribution in [0.4, 0.5) is 0 Å². The van der Waals surface area contributed by atoms with Crippen molar-refractivity contribution in [2.45, 2.75) is 84.4 Å². The lowest BCUT2D eigenvalue weighted by atomic mass is 9.85. The quantitative estimate of drug-likeness (QED) is 0.635. The summed E-state index contributed by atoms with van der Waals surface area (Å²) in [4.78, 5) is 45.7. The first-order valence-corrected chi connectivity index (χ1v) is 13.1. The fourth-order valence-electron chi connectivity index (χ4n) is 5.40. The Morgan fingerprint density at radius 1 is 1.29 bits per heavy atom. The molecule has 0 radical (unpaired) electrons. The number of carbonyl (C=O) groups is 3. The molecule has 1 fully saturated rings. The summed E-state index contributed by atoms with van der Waals surface area (Å²) in [5, 5.41) is 13.1. The maximum atomic E-state index is 13.5. The van der Waals surface area contributed by atoms with E-state index in [1.54, 1.807) is 11.3 Å². The molecule has 1 aromatic carbocycles. The molecular formula is C27H35N3O4S. The molecule has 1 aromatic heterocycles. The number of β-amino-alcohol motifs (C(OH)–C–C–N with tert-alkyl or cyclic N) is 1. The van der Waals surface area contributed by atoms with Gasteiger partial charge in [-0.25, -0.2) is 4.98 Å². The van der Waals surface area contributed by atoms with Gasteiger partial charge in [0.15, 0.2) is 5.78 Å². The molecule has 35 heavy (non-hydrogen) atoms. The second-order valence-electron chi connectivity index (χ2n) is 11.0. The minimum Gasteiger partial charge on any atom is -0.391 e. The third kappa shape index (κ3) is 5.33. The minimum absolute atomic E-state index is 0.0226. The second kappa shape index (κ2) is 9.82. The monoisotopic (exact) mass is 497 g/mol. The highest BCUT2D eigenvalue weighted by atomic mass is 32.1. The van der Waals surface area contributed by atoms with E-state index in [9.17, 15) is 19.5 Å². The van der Waals surface area contributed by atoms with E-state index < -0.39 is 23.6 Å². The molecule has 1 saturated heterocycles. The summed E-state index contributed by atoms with van der Waals surface area (Å²) in [6.07, 6.45) is 1.65. The molecule has 0 spiro atoms. The Balaban J connectivity index is 1.50. The van der Waals surface area contributed by atoms with Crippen LogP contribution in [0.25, 0.3) is 10.4 Å². The van der Waals surface area contributed by atoms with Gasteiger partial charge in [0.25, 0.3) is 0 Å². The molecule has 0 unspecified atom stereocenters. The highest BCUT2D eigenvalue weighted by Gasteiger charge is 2.44. The number of thiazole rings is 1. The first-order chi connectivity index (χ1) is 16.5. The summed E-state index contributed by atoms with van der Waals surface area (Å²) < 4.78 is 0. The van der Waals surface area contributed by atoms with Gasteiger partial charge in [-0.1, -0.05) is 32.9 Å². The van der Waals surface area contributed by atoms with Crippen molar-refractivity contribution in [2.24, 2.45) is 5.41 Å². The topological polar surface area (TPSA) is 99.6 Å². The smallest absolute Gasteiger partial charge is 0.246 e. The molecule has 2 amide bonds. The summed E-state index contributed by atoms with van der Waals surface area (Å²) in [5.41, 5.74) is 5.99. The van der Waals surface area contributed by atoms with Crippen molar-refractivity contribution in [2.75, 3.05) is 6.54 Å². The van der Waals surface area contributed by atoms with Gasteiger partial charge < -0.3 is 15.3 Å². The summed E-state index contributed by atoms with van der Waals surface area (Å²) in [6, 6.07) is 5.03. The number of likely N-dealkylation sites (tertiary alicyclic amines) is 1. The van der Waals surface area contributed by atoms with Crippen LogP contribution in [0.5, 0.6) is 0 Å². The Kier molecular flexibility index (Phi) is 7.16. The van der Waals surface area contributed by atoms with Crippen LogP contribution in [0, 0.1) is 12.3 Å². The number of aromatic nitrogens is 1. The van der Waals surface area contributed by atoms with E-state index in [-0.39, 0.29) is 36.5 Å². The number of carbonyl (C=O) groups excluding carboxylic acids is 3. The number of ketones is 1. The molecule has 7 nitrogen and oxygen atoms in total. The minimum atomic E-state index is -0.763. The Morgan fingerprint density at radius 2 is 2.03 bits per heavy atom. The number of nitrogens with zero attached hydrogens (tertiary/aromatic N) is 2. The van der Waals surface area contributed by atoms with Gasteiger partial charge in [-0.05, 0) is 53.9 Å². The van der Waals surface area contributed by atoms with Crippen molar-refractivity contribution in [1.29, 1.82) is 0 Å². The number of Topliss-reactive ketones (excluding diaryl/α,β-unsaturated/α-hetero) is 1. The van der Waals surface area contributed by atoms with Gasteiger partial charge in [0.05, 0.1) is 28.2 Å². The van der Waals surface area contributed by atoms with Crippen molar-refractivity contribution in [3.63, 3.8) is 0 Å². The van der Waals surface area contributed by atoms with E-state index in [4.69, 9.17) is 0 Å². The van der Waals surface area contributed by atoms with Crippen molar-refractivity contribution in [3.8, 4) is 10.4 Å². The first kappa shape index (κ1) is 25.5. The van der Waals surface area contributed by atoms with Gasteiger partial charge in [-0.2, -0.15) is 0 Å². The van der Waals surface area contributed by atoms with Crippen molar-refractivity contribution in [3.05, 3.63) is 40.5 Å². The zero-order valence-corrected chi connectivity index (χ0v) is 21.9. The molecular weight excluding hydrogens is 462 g/mol. The number of hydrogen-bond donors (Lipinski definition) is 2. The van der Waals surface area contributed by atoms with E-state index in [1.807, 2.05) is 33.2 Å². The van der Waals surface area contributed by atoms with Crippen LogP contribution in [0.15, 0.2) is 23.7 Å². The molecule has 2 aliphatic rings. The van der Waals surface area contributed by atoms with Gasteiger partial charge in [0.1, 0.15) is 6.04 Å². The fourth-order valence-corrected chi connectivity index (χ4v) is 6.20. The summed E-state index contributed by atoms with van der Waals surface area (Å²) in [6.45, 7) is 9.15. The van der Waals surface area contributed by atoms with Gasteiger partial charge in [0.2, 0.25) is 11.8 Å². The second-order valence-corrected chi connectivity index (χ2v) is 11.8. The molecule has 188 valence electrons. The Bertz CT molecular complexity index is 1140. The molecule has 8 heteroatoms. The molecule has 0 saturated carbocycles. The van der Waals surface area contributed by atoms with Gasteiger partial charge in [-0.3, -0.25) is 14.4 Å². The molecule has 2 N–H and O–H groups in total. The van der Waals surface area contributed by atoms with Gasteiger partial charge >= 0.3 is 0 Å². The molecule has 4 rings (SSSR count). The number of amides is 2. The highest BCUT2D eigenvalue weighted by molar-refractivity contribution is 7.13. The predicted molar refractivity (Wildman–Crippen MR) is 136 cm³/mol. The van der Waals surface area contributed by atoms with Crippen LogP contribution >= 0.6 is 11.3 Å². The lowest BCUT2D eigenvalue weighted by Crippen LogP contribution is -2.56. The summed E-state index contributed by atoms with van der Waals surface area (Å²) in [5.74, 6) is -0.515. The van der Waals surface area contributed by atoms with E-state index >= 15 is 0 Å². The summed E-state index contributed by atoms with van der Waals surface area (Å²) in [7, 11) is 0. The number of aliphatic hydroxyl groups is 1. The Hall–Kier alpha value is -2.58. The maximum Gasteiger partial charge on any atom is 0.246 e. The van der Waals surface area contributed by atoms with E-state index in [0.29, 0.717) is 6.42 Å². The first-order valence-electron chi connectivity index (χ1n) is 12.3. The lowest BCUT2D eigenvalue weighted by Gasteiger charge is -2.35. The molecule has 2 heterocycles. The van der Waals surface area contributed by atoms with Crippen LogP contribution in [-0.4, -0.2) is 57.3 Å². The average Bonchev–Trinajstić information content (AvgIpc) is 3.49. The SMILES string of the molecule is CC(=O)N[C@H](C(=O)N1C[C@H](O)C[C@H]1C(=O)C[C@@H]1CCc2cc(-c3scnc3C)ccc21)C(C)(C)C. The Morgan fingerprint density at radius 3 is 2.66 bits per heavy atom. The van der Waals surface area contributed by atoms with E-state index in [2.05, 4.69) is 28.5 Å². The molecule has 1 aliphatic carbocycles. The van der Waals surface area contributed by atoms with Crippen LogP contribution in [0.3, 0.4) is 0 Å². The molecule has 4 atom stereocenters. The van der Waals surface area contributed by atoms with E-state index in [0.717, 1.165) is 24.1 Å². The zero-order chi connectivity index (χ0) is 25.5. The van der Waals surface area contributed by atoms with Crippen molar-refractivity contribution < 1.29 is 19.5 Å². The van der Waals surface area contributed by atoms with Crippen LogP contribution in [0.2, 0.25) is 0 Å². The lowest BCUT2D eigenvalue weighted by molar-refractivity contribution is -0.143. The third-order valence-electron chi connectivity index (χ3n) is 7.19. The fraction of sp³-hybridized carbons (Fsp3) is 0.556. The van der Waals surface area contributed by atoms with E-state index in [1.165, 1.54) is 27.8 Å². The molecule has 1 aliphatic heterocycles.